The van der Waals surface area contributed by atoms with Crippen LogP contribution in [0.3, 0.4) is 0 Å². The summed E-state index contributed by atoms with van der Waals surface area (Å²) in [6, 6.07) is 0. The van der Waals surface area contributed by atoms with Gasteiger partial charge in [-0.15, -0.1) is 0 Å². The van der Waals surface area contributed by atoms with Crippen molar-refractivity contribution in [2.45, 2.75) is 77.8 Å². The number of hydrogen-bond donors (Lipinski definition) is 0. The van der Waals surface area contributed by atoms with Crippen molar-refractivity contribution in [3.8, 4) is 0 Å². The summed E-state index contributed by atoms with van der Waals surface area (Å²) >= 11 is 0. The van der Waals surface area contributed by atoms with E-state index < -0.39 is 0 Å². The van der Waals surface area contributed by atoms with E-state index >= 15 is 0 Å². The van der Waals surface area contributed by atoms with Crippen LogP contribution < -0.4 is 0 Å². The highest BCUT2D eigenvalue weighted by atomic mass is 16.7. The lowest BCUT2D eigenvalue weighted by molar-refractivity contribution is -0.304. The Hall–Kier alpha value is -0.160. The maximum Gasteiger partial charge on any atom is 0.157 e. The van der Waals surface area contributed by atoms with Gasteiger partial charge in [0.05, 0.1) is 31.8 Å². The fourth-order valence-corrected chi connectivity index (χ4v) is 2.88. The SMILES string of the molecule is CCCCCC1OCC2(CO1)COC(CCCCC)OC2. The molecule has 4 heteroatoms. The fourth-order valence-electron chi connectivity index (χ4n) is 2.88. The van der Waals surface area contributed by atoms with Crippen molar-refractivity contribution in [2.24, 2.45) is 5.41 Å². The van der Waals surface area contributed by atoms with Crippen LogP contribution in [0, 0.1) is 5.41 Å². The zero-order valence-corrected chi connectivity index (χ0v) is 13.8. The maximum absolute atomic E-state index is 5.87. The average Bonchev–Trinajstić information content (AvgIpc) is 2.52. The summed E-state index contributed by atoms with van der Waals surface area (Å²) in [5.74, 6) is 0. The fraction of sp³-hybridized carbons (Fsp3) is 1.00. The molecule has 2 fully saturated rings. The molecule has 2 aliphatic rings. The van der Waals surface area contributed by atoms with Crippen LogP contribution in [0.15, 0.2) is 0 Å². The Morgan fingerprint density at radius 2 is 1.05 bits per heavy atom. The topological polar surface area (TPSA) is 36.9 Å². The first-order chi connectivity index (χ1) is 10.3. The molecular formula is C17H32O4. The van der Waals surface area contributed by atoms with Crippen LogP contribution >= 0.6 is 0 Å². The second-order valence-electron chi connectivity index (χ2n) is 6.59. The Balaban J connectivity index is 1.63. The van der Waals surface area contributed by atoms with E-state index in [0.29, 0.717) is 26.4 Å². The summed E-state index contributed by atoms with van der Waals surface area (Å²) < 4.78 is 23.5. The Kier molecular flexibility index (Phi) is 7.44. The van der Waals surface area contributed by atoms with Crippen molar-refractivity contribution < 1.29 is 18.9 Å². The second kappa shape index (κ2) is 9.09. The van der Waals surface area contributed by atoms with Gasteiger partial charge in [0, 0.05) is 0 Å². The average molecular weight is 300 g/mol. The van der Waals surface area contributed by atoms with Crippen molar-refractivity contribution in [2.75, 3.05) is 26.4 Å². The molecule has 0 unspecified atom stereocenters. The monoisotopic (exact) mass is 300 g/mol. The zero-order valence-electron chi connectivity index (χ0n) is 13.8. The first kappa shape index (κ1) is 17.2. The number of unbranched alkanes of at least 4 members (excludes halogenated alkanes) is 4. The van der Waals surface area contributed by atoms with Gasteiger partial charge in [-0.1, -0.05) is 39.5 Å². The van der Waals surface area contributed by atoms with E-state index in [1.165, 1.54) is 38.5 Å². The summed E-state index contributed by atoms with van der Waals surface area (Å²) in [5.41, 5.74) is -0.0808. The molecule has 124 valence electrons. The molecule has 21 heavy (non-hydrogen) atoms. The van der Waals surface area contributed by atoms with Crippen LogP contribution in [0.1, 0.15) is 65.2 Å². The van der Waals surface area contributed by atoms with Crippen LogP contribution in [0.4, 0.5) is 0 Å². The maximum atomic E-state index is 5.87. The normalized spacial score (nSPS) is 33.4. The van der Waals surface area contributed by atoms with Crippen molar-refractivity contribution in [3.05, 3.63) is 0 Å². The van der Waals surface area contributed by atoms with Crippen molar-refractivity contribution >= 4 is 0 Å². The lowest BCUT2D eigenvalue weighted by Crippen LogP contribution is -2.52. The third-order valence-electron chi connectivity index (χ3n) is 4.39. The largest absolute Gasteiger partial charge is 0.352 e. The van der Waals surface area contributed by atoms with E-state index in [0.717, 1.165) is 12.8 Å². The van der Waals surface area contributed by atoms with E-state index in [1.54, 1.807) is 0 Å². The molecule has 0 atom stereocenters. The highest BCUT2D eigenvalue weighted by Crippen LogP contribution is 2.32. The van der Waals surface area contributed by atoms with E-state index in [1.807, 2.05) is 0 Å². The minimum atomic E-state index is -0.0808. The van der Waals surface area contributed by atoms with Crippen LogP contribution in [-0.4, -0.2) is 39.0 Å². The van der Waals surface area contributed by atoms with Crippen molar-refractivity contribution in [1.29, 1.82) is 0 Å². The zero-order chi connectivity index (χ0) is 15.0. The summed E-state index contributed by atoms with van der Waals surface area (Å²) in [7, 11) is 0. The summed E-state index contributed by atoms with van der Waals surface area (Å²) in [6.45, 7) is 7.23. The van der Waals surface area contributed by atoms with Gasteiger partial charge >= 0.3 is 0 Å². The molecule has 4 nitrogen and oxygen atoms in total. The predicted molar refractivity (Wildman–Crippen MR) is 82.1 cm³/mol. The van der Waals surface area contributed by atoms with E-state index in [2.05, 4.69) is 13.8 Å². The van der Waals surface area contributed by atoms with Gasteiger partial charge in [0.1, 0.15) is 0 Å². The standard InChI is InChI=1S/C17H32O4/c1-3-5-7-9-15-18-11-17(12-19-15)13-20-16(21-14-17)10-8-6-4-2/h15-16H,3-14H2,1-2H3. The highest BCUT2D eigenvalue weighted by Gasteiger charge is 2.41. The van der Waals surface area contributed by atoms with Gasteiger partial charge in [0.25, 0.3) is 0 Å². The lowest BCUT2D eigenvalue weighted by atomic mass is 9.90. The summed E-state index contributed by atoms with van der Waals surface area (Å²) in [4.78, 5) is 0. The molecular weight excluding hydrogens is 268 g/mol. The molecule has 2 heterocycles. The quantitative estimate of drug-likeness (QED) is 0.637. The molecule has 0 saturated carbocycles. The molecule has 2 saturated heterocycles. The number of hydrogen-bond acceptors (Lipinski definition) is 4. The number of rotatable bonds is 8. The molecule has 0 aromatic rings. The molecule has 0 radical (unpaired) electrons. The molecule has 0 aromatic carbocycles. The third-order valence-corrected chi connectivity index (χ3v) is 4.39. The first-order valence-corrected chi connectivity index (χ1v) is 8.74. The second-order valence-corrected chi connectivity index (χ2v) is 6.59. The van der Waals surface area contributed by atoms with Gasteiger partial charge < -0.3 is 18.9 Å². The molecule has 0 aromatic heterocycles. The smallest absolute Gasteiger partial charge is 0.157 e. The van der Waals surface area contributed by atoms with Crippen LogP contribution in [-0.2, 0) is 18.9 Å². The van der Waals surface area contributed by atoms with Gasteiger partial charge in [0.2, 0.25) is 0 Å². The molecule has 0 aliphatic carbocycles. The Labute approximate surface area is 129 Å². The van der Waals surface area contributed by atoms with Crippen molar-refractivity contribution in [3.63, 3.8) is 0 Å². The van der Waals surface area contributed by atoms with E-state index in [-0.39, 0.29) is 18.0 Å². The van der Waals surface area contributed by atoms with Crippen LogP contribution in [0.5, 0.6) is 0 Å². The molecule has 0 bridgehead atoms. The first-order valence-electron chi connectivity index (χ1n) is 8.74. The van der Waals surface area contributed by atoms with Crippen LogP contribution in [0.25, 0.3) is 0 Å². The lowest BCUT2D eigenvalue weighted by Gasteiger charge is -2.43. The predicted octanol–water partition coefficient (Wildman–Crippen LogP) is 3.88. The molecule has 0 N–H and O–H groups in total. The Bertz CT molecular complexity index is 234. The van der Waals surface area contributed by atoms with E-state index in [4.69, 9.17) is 18.9 Å². The highest BCUT2D eigenvalue weighted by molar-refractivity contribution is 4.84. The van der Waals surface area contributed by atoms with Gasteiger partial charge in [-0.3, -0.25) is 0 Å². The van der Waals surface area contributed by atoms with Gasteiger partial charge in [-0.2, -0.15) is 0 Å². The molecule has 2 aliphatic heterocycles. The molecule has 0 amide bonds. The molecule has 1 spiro atoms. The Morgan fingerprint density at radius 3 is 1.38 bits per heavy atom. The van der Waals surface area contributed by atoms with Gasteiger partial charge in [0.15, 0.2) is 12.6 Å². The number of ether oxygens (including phenoxy) is 4. The molecule has 2 rings (SSSR count). The third kappa shape index (κ3) is 5.51. The summed E-state index contributed by atoms with van der Waals surface area (Å²) in [6.07, 6.45) is 9.29. The Morgan fingerprint density at radius 1 is 0.667 bits per heavy atom. The van der Waals surface area contributed by atoms with Gasteiger partial charge in [-0.25, -0.2) is 0 Å². The minimum Gasteiger partial charge on any atom is -0.352 e. The summed E-state index contributed by atoms with van der Waals surface area (Å²) in [5, 5.41) is 0. The van der Waals surface area contributed by atoms with E-state index in [9.17, 15) is 0 Å². The van der Waals surface area contributed by atoms with Gasteiger partial charge in [-0.05, 0) is 25.7 Å². The van der Waals surface area contributed by atoms with Crippen LogP contribution in [0.2, 0.25) is 0 Å². The van der Waals surface area contributed by atoms with Crippen molar-refractivity contribution in [1.82, 2.24) is 0 Å². The minimum absolute atomic E-state index is 0.0237.